The summed E-state index contributed by atoms with van der Waals surface area (Å²) in [6.45, 7) is 9.60. The molecule has 2 N–H and O–H groups in total. The van der Waals surface area contributed by atoms with E-state index in [9.17, 15) is 0 Å². The van der Waals surface area contributed by atoms with Crippen LogP contribution in [-0.2, 0) is 10.3 Å². The fourth-order valence-corrected chi connectivity index (χ4v) is 2.71. The molecule has 0 bridgehead atoms. The maximum atomic E-state index is 5.17. The average molecular weight is 248 g/mol. The van der Waals surface area contributed by atoms with Crippen LogP contribution >= 0.6 is 0 Å². The molecule has 0 radical (unpaired) electrons. The Kier molecular flexibility index (Phi) is 3.93. The first-order valence-corrected chi connectivity index (χ1v) is 6.68. The summed E-state index contributed by atoms with van der Waals surface area (Å²) < 4.78 is 0. The second kappa shape index (κ2) is 5.29. The standard InChI is InChI=1S/C15H24N2O/c1-15(2,3)13-6-4-5-7-14(13)17-9-8-12(10-17)11-18-16/h4-7,12H,8-11,16H2,1-3H3. The Labute approximate surface area is 110 Å². The summed E-state index contributed by atoms with van der Waals surface area (Å²) >= 11 is 0. The minimum atomic E-state index is 0.180. The van der Waals surface area contributed by atoms with Gasteiger partial charge in [-0.2, -0.15) is 0 Å². The zero-order valence-corrected chi connectivity index (χ0v) is 11.6. The molecule has 0 spiro atoms. The molecule has 0 amide bonds. The molecule has 1 aliphatic rings. The lowest BCUT2D eigenvalue weighted by molar-refractivity contribution is 0.108. The maximum absolute atomic E-state index is 5.17. The number of nitrogens with two attached hydrogens (primary N) is 1. The molecule has 0 saturated carbocycles. The van der Waals surface area contributed by atoms with Crippen LogP contribution in [0.4, 0.5) is 5.69 Å². The van der Waals surface area contributed by atoms with Crippen LogP contribution in [0.15, 0.2) is 24.3 Å². The van der Waals surface area contributed by atoms with Crippen molar-refractivity contribution in [2.45, 2.75) is 32.6 Å². The molecule has 1 aromatic rings. The third kappa shape index (κ3) is 2.85. The minimum absolute atomic E-state index is 0.180. The second-order valence-corrected chi connectivity index (χ2v) is 6.20. The van der Waals surface area contributed by atoms with Gasteiger partial charge in [0, 0.05) is 24.7 Å². The summed E-state index contributed by atoms with van der Waals surface area (Å²) in [4.78, 5) is 7.24. The Balaban J connectivity index is 2.19. The van der Waals surface area contributed by atoms with E-state index >= 15 is 0 Å². The van der Waals surface area contributed by atoms with Crippen LogP contribution in [0.3, 0.4) is 0 Å². The highest BCUT2D eigenvalue weighted by Gasteiger charge is 2.26. The number of rotatable bonds is 3. The van der Waals surface area contributed by atoms with Crippen molar-refractivity contribution in [2.75, 3.05) is 24.6 Å². The zero-order valence-electron chi connectivity index (χ0n) is 11.6. The van der Waals surface area contributed by atoms with Gasteiger partial charge in [0.2, 0.25) is 0 Å². The Morgan fingerprint density at radius 1 is 1.33 bits per heavy atom. The topological polar surface area (TPSA) is 38.5 Å². The van der Waals surface area contributed by atoms with E-state index < -0.39 is 0 Å². The first-order valence-electron chi connectivity index (χ1n) is 6.68. The number of hydrogen-bond acceptors (Lipinski definition) is 3. The first kappa shape index (κ1) is 13.4. The van der Waals surface area contributed by atoms with Gasteiger partial charge in [0.15, 0.2) is 0 Å². The van der Waals surface area contributed by atoms with Crippen molar-refractivity contribution in [3.8, 4) is 0 Å². The summed E-state index contributed by atoms with van der Waals surface area (Å²) in [5.41, 5.74) is 2.96. The Morgan fingerprint density at radius 2 is 2.06 bits per heavy atom. The van der Waals surface area contributed by atoms with Crippen LogP contribution in [0.25, 0.3) is 0 Å². The van der Waals surface area contributed by atoms with Crippen molar-refractivity contribution in [1.29, 1.82) is 0 Å². The van der Waals surface area contributed by atoms with E-state index in [-0.39, 0.29) is 5.41 Å². The third-order valence-electron chi connectivity index (χ3n) is 3.67. The van der Waals surface area contributed by atoms with E-state index in [1.807, 2.05) is 0 Å². The van der Waals surface area contributed by atoms with Crippen LogP contribution in [0.2, 0.25) is 0 Å². The molecule has 3 nitrogen and oxygen atoms in total. The van der Waals surface area contributed by atoms with Crippen molar-refractivity contribution < 1.29 is 4.84 Å². The highest BCUT2D eigenvalue weighted by atomic mass is 16.6. The third-order valence-corrected chi connectivity index (χ3v) is 3.67. The van der Waals surface area contributed by atoms with Crippen molar-refractivity contribution in [1.82, 2.24) is 0 Å². The number of nitrogens with zero attached hydrogens (tertiary/aromatic N) is 1. The second-order valence-electron chi connectivity index (χ2n) is 6.20. The minimum Gasteiger partial charge on any atom is -0.371 e. The maximum Gasteiger partial charge on any atom is 0.0724 e. The van der Waals surface area contributed by atoms with Gasteiger partial charge in [-0.3, -0.25) is 0 Å². The lowest BCUT2D eigenvalue weighted by Gasteiger charge is -2.28. The molecule has 1 aromatic carbocycles. The van der Waals surface area contributed by atoms with E-state index in [1.54, 1.807) is 0 Å². The van der Waals surface area contributed by atoms with E-state index in [0.29, 0.717) is 12.5 Å². The van der Waals surface area contributed by atoms with Gasteiger partial charge in [0.25, 0.3) is 0 Å². The predicted molar refractivity (Wildman–Crippen MR) is 75.6 cm³/mol. The van der Waals surface area contributed by atoms with Gasteiger partial charge in [-0.05, 0) is 23.5 Å². The average Bonchev–Trinajstić information content (AvgIpc) is 2.77. The predicted octanol–water partition coefficient (Wildman–Crippen LogP) is 2.70. The molecule has 0 aliphatic carbocycles. The van der Waals surface area contributed by atoms with Crippen molar-refractivity contribution in [3.05, 3.63) is 29.8 Å². The lowest BCUT2D eigenvalue weighted by Crippen LogP contribution is -2.25. The summed E-state index contributed by atoms with van der Waals surface area (Å²) in [6, 6.07) is 8.71. The van der Waals surface area contributed by atoms with Gasteiger partial charge in [0.05, 0.1) is 6.61 Å². The molecule has 1 saturated heterocycles. The SMILES string of the molecule is CC(C)(C)c1ccccc1N1CCC(CON)C1. The summed E-state index contributed by atoms with van der Waals surface area (Å²) in [5, 5.41) is 0. The number of para-hydroxylation sites is 1. The van der Waals surface area contributed by atoms with Crippen molar-refractivity contribution >= 4 is 5.69 Å². The van der Waals surface area contributed by atoms with Gasteiger partial charge < -0.3 is 9.74 Å². The monoisotopic (exact) mass is 248 g/mol. The molecule has 0 aromatic heterocycles. The van der Waals surface area contributed by atoms with E-state index in [1.165, 1.54) is 11.3 Å². The van der Waals surface area contributed by atoms with Crippen LogP contribution in [0.5, 0.6) is 0 Å². The van der Waals surface area contributed by atoms with Gasteiger partial charge in [-0.15, -0.1) is 0 Å². The van der Waals surface area contributed by atoms with E-state index in [2.05, 4.69) is 49.9 Å². The van der Waals surface area contributed by atoms with Crippen molar-refractivity contribution in [3.63, 3.8) is 0 Å². The largest absolute Gasteiger partial charge is 0.371 e. The summed E-state index contributed by atoms with van der Waals surface area (Å²) in [6.07, 6.45) is 1.16. The van der Waals surface area contributed by atoms with Gasteiger partial charge in [0.1, 0.15) is 0 Å². The summed E-state index contributed by atoms with van der Waals surface area (Å²) in [5.74, 6) is 5.73. The van der Waals surface area contributed by atoms with Gasteiger partial charge in [-0.1, -0.05) is 39.0 Å². The molecule has 1 fully saturated rings. The fourth-order valence-electron chi connectivity index (χ4n) is 2.71. The Hall–Kier alpha value is -1.06. The van der Waals surface area contributed by atoms with E-state index in [0.717, 1.165) is 19.5 Å². The fraction of sp³-hybridized carbons (Fsp3) is 0.600. The molecule has 2 rings (SSSR count). The Bertz CT molecular complexity index is 398. The molecule has 3 heteroatoms. The highest BCUT2D eigenvalue weighted by molar-refractivity contribution is 5.57. The molecule has 18 heavy (non-hydrogen) atoms. The molecule has 1 heterocycles. The highest BCUT2D eigenvalue weighted by Crippen LogP contribution is 2.34. The normalized spacial score (nSPS) is 20.4. The molecule has 1 aliphatic heterocycles. The number of benzene rings is 1. The zero-order chi connectivity index (χ0) is 13.2. The Morgan fingerprint density at radius 3 is 2.72 bits per heavy atom. The molecular weight excluding hydrogens is 224 g/mol. The van der Waals surface area contributed by atoms with Crippen LogP contribution in [0.1, 0.15) is 32.8 Å². The van der Waals surface area contributed by atoms with Gasteiger partial charge in [-0.25, -0.2) is 5.90 Å². The number of anilines is 1. The van der Waals surface area contributed by atoms with Crippen LogP contribution in [-0.4, -0.2) is 19.7 Å². The smallest absolute Gasteiger partial charge is 0.0724 e. The first-order chi connectivity index (χ1) is 8.52. The van der Waals surface area contributed by atoms with Crippen LogP contribution in [0, 0.1) is 5.92 Å². The molecule has 100 valence electrons. The van der Waals surface area contributed by atoms with E-state index in [4.69, 9.17) is 10.7 Å². The quantitative estimate of drug-likeness (QED) is 0.836. The van der Waals surface area contributed by atoms with Gasteiger partial charge >= 0.3 is 0 Å². The lowest BCUT2D eigenvalue weighted by atomic mass is 9.85. The molecule has 1 unspecified atom stereocenters. The molecular formula is C15H24N2O. The number of hydrogen-bond donors (Lipinski definition) is 1. The van der Waals surface area contributed by atoms with Crippen molar-refractivity contribution in [2.24, 2.45) is 11.8 Å². The molecule has 1 atom stereocenters. The van der Waals surface area contributed by atoms with Crippen LogP contribution < -0.4 is 10.8 Å². The summed E-state index contributed by atoms with van der Waals surface area (Å²) in [7, 11) is 0.